The van der Waals surface area contributed by atoms with Crippen LogP contribution in [0.2, 0.25) is 0 Å². The summed E-state index contributed by atoms with van der Waals surface area (Å²) >= 11 is 0. The van der Waals surface area contributed by atoms with Gasteiger partial charge in [0.25, 0.3) is 5.91 Å². The molecule has 4 nitrogen and oxygen atoms in total. The van der Waals surface area contributed by atoms with E-state index >= 15 is 0 Å². The maximum Gasteiger partial charge on any atom is 0.255 e. The number of nitrogens with two attached hydrogens (primary N) is 1. The van der Waals surface area contributed by atoms with E-state index < -0.39 is 11.9 Å². The average Bonchev–Trinajstić information content (AvgIpc) is 2.39. The summed E-state index contributed by atoms with van der Waals surface area (Å²) in [7, 11) is 0. The standard InChI is InChI=1S/C14H14FN3O.2BrH/c1-9(16)12-3-2-10(8-13(12)15)14(19)18-11-4-6-17-7-5-11;;/h2-9H,16H2,1H3,(H,17,18,19);2*1H/t9-;;/m1../s1. The molecule has 0 unspecified atom stereocenters. The molecule has 1 aromatic heterocycles. The molecule has 1 aromatic carbocycles. The van der Waals surface area contributed by atoms with Crippen molar-refractivity contribution in [1.82, 2.24) is 4.98 Å². The Morgan fingerprint density at radius 2 is 1.86 bits per heavy atom. The quantitative estimate of drug-likeness (QED) is 0.796. The lowest BCUT2D eigenvalue weighted by atomic mass is 10.1. The molecular weight excluding hydrogens is 405 g/mol. The molecule has 3 N–H and O–H groups in total. The SMILES string of the molecule is Br.Br.C[C@@H](N)c1ccc(C(=O)Nc2ccncc2)cc1F. The van der Waals surface area contributed by atoms with E-state index in [1.807, 2.05) is 0 Å². The number of hydrogen-bond donors (Lipinski definition) is 2. The van der Waals surface area contributed by atoms with Crippen molar-refractivity contribution in [2.75, 3.05) is 5.32 Å². The number of nitrogens with one attached hydrogen (secondary N) is 1. The highest BCUT2D eigenvalue weighted by molar-refractivity contribution is 8.93. The topological polar surface area (TPSA) is 68.0 Å². The van der Waals surface area contributed by atoms with Crippen LogP contribution in [0.4, 0.5) is 10.1 Å². The molecule has 21 heavy (non-hydrogen) atoms. The fourth-order valence-corrected chi connectivity index (χ4v) is 1.68. The summed E-state index contributed by atoms with van der Waals surface area (Å²) in [5.41, 5.74) is 6.86. The van der Waals surface area contributed by atoms with Gasteiger partial charge in [-0.2, -0.15) is 0 Å². The van der Waals surface area contributed by atoms with Crippen molar-refractivity contribution in [2.45, 2.75) is 13.0 Å². The van der Waals surface area contributed by atoms with Gasteiger partial charge in [0.05, 0.1) is 0 Å². The van der Waals surface area contributed by atoms with Crippen LogP contribution >= 0.6 is 34.0 Å². The number of rotatable bonds is 3. The lowest BCUT2D eigenvalue weighted by molar-refractivity contribution is 0.102. The molecule has 114 valence electrons. The lowest BCUT2D eigenvalue weighted by Crippen LogP contribution is -2.14. The van der Waals surface area contributed by atoms with Crippen molar-refractivity contribution in [2.24, 2.45) is 5.73 Å². The molecule has 2 rings (SSSR count). The highest BCUT2D eigenvalue weighted by Gasteiger charge is 2.12. The highest BCUT2D eigenvalue weighted by Crippen LogP contribution is 2.17. The molecule has 1 atom stereocenters. The predicted octanol–water partition coefficient (Wildman–Crippen LogP) is 3.65. The van der Waals surface area contributed by atoms with Crippen LogP contribution in [0.5, 0.6) is 0 Å². The van der Waals surface area contributed by atoms with Crippen LogP contribution in [0.1, 0.15) is 28.9 Å². The Morgan fingerprint density at radius 3 is 2.38 bits per heavy atom. The van der Waals surface area contributed by atoms with Crippen LogP contribution in [0.3, 0.4) is 0 Å². The summed E-state index contributed by atoms with van der Waals surface area (Å²) in [4.78, 5) is 15.8. The number of amides is 1. The van der Waals surface area contributed by atoms with Gasteiger partial charge in [0.15, 0.2) is 0 Å². The van der Waals surface area contributed by atoms with Gasteiger partial charge in [0.1, 0.15) is 5.82 Å². The number of aromatic nitrogens is 1. The van der Waals surface area contributed by atoms with Gasteiger partial charge in [-0.15, -0.1) is 34.0 Å². The van der Waals surface area contributed by atoms with Gasteiger partial charge in [-0.05, 0) is 31.2 Å². The molecule has 0 aliphatic heterocycles. The molecule has 0 bridgehead atoms. The van der Waals surface area contributed by atoms with E-state index in [0.29, 0.717) is 11.3 Å². The summed E-state index contributed by atoms with van der Waals surface area (Å²) in [5.74, 6) is -0.848. The molecule has 7 heteroatoms. The average molecular weight is 421 g/mol. The summed E-state index contributed by atoms with van der Waals surface area (Å²) in [6, 6.07) is 7.18. The van der Waals surface area contributed by atoms with Gasteiger partial charge >= 0.3 is 0 Å². The number of carbonyl (C=O) groups is 1. The minimum atomic E-state index is -0.475. The van der Waals surface area contributed by atoms with E-state index in [-0.39, 0.29) is 45.4 Å². The molecule has 0 saturated carbocycles. The number of benzene rings is 1. The van der Waals surface area contributed by atoms with Crippen LogP contribution < -0.4 is 11.1 Å². The Bertz CT molecular complexity index is 594. The van der Waals surface area contributed by atoms with E-state index in [4.69, 9.17) is 5.73 Å². The summed E-state index contributed by atoms with van der Waals surface area (Å²) < 4.78 is 13.7. The zero-order valence-corrected chi connectivity index (χ0v) is 14.7. The first-order chi connectivity index (χ1) is 9.08. The van der Waals surface area contributed by atoms with Crippen LogP contribution in [0, 0.1) is 5.82 Å². The number of hydrogen-bond acceptors (Lipinski definition) is 3. The molecule has 0 spiro atoms. The minimum Gasteiger partial charge on any atom is -0.324 e. The number of pyridine rings is 1. The Kier molecular flexibility index (Phi) is 8.31. The molecular formula is C14H16Br2FN3O. The molecule has 2 aromatic rings. The first-order valence-electron chi connectivity index (χ1n) is 5.84. The van der Waals surface area contributed by atoms with Crippen molar-refractivity contribution >= 4 is 45.6 Å². The van der Waals surface area contributed by atoms with Crippen molar-refractivity contribution in [1.29, 1.82) is 0 Å². The molecule has 0 saturated heterocycles. The molecule has 0 aliphatic rings. The van der Waals surface area contributed by atoms with Crippen molar-refractivity contribution in [3.05, 3.63) is 59.7 Å². The summed E-state index contributed by atoms with van der Waals surface area (Å²) in [6.07, 6.45) is 3.13. The van der Waals surface area contributed by atoms with Crippen LogP contribution in [0.15, 0.2) is 42.7 Å². The van der Waals surface area contributed by atoms with E-state index in [1.54, 1.807) is 37.5 Å². The maximum atomic E-state index is 13.7. The third-order valence-electron chi connectivity index (χ3n) is 2.69. The van der Waals surface area contributed by atoms with Gasteiger partial charge in [0.2, 0.25) is 0 Å². The number of halogens is 3. The van der Waals surface area contributed by atoms with E-state index in [2.05, 4.69) is 10.3 Å². The van der Waals surface area contributed by atoms with Crippen molar-refractivity contribution in [3.8, 4) is 0 Å². The minimum absolute atomic E-state index is 0. The number of nitrogens with zero attached hydrogens (tertiary/aromatic N) is 1. The Hall–Kier alpha value is -1.31. The predicted molar refractivity (Wildman–Crippen MR) is 91.8 cm³/mol. The number of carbonyl (C=O) groups excluding carboxylic acids is 1. The van der Waals surface area contributed by atoms with Crippen LogP contribution in [0.25, 0.3) is 0 Å². The normalized spacial score (nSPS) is 10.8. The fraction of sp³-hybridized carbons (Fsp3) is 0.143. The highest BCUT2D eigenvalue weighted by atomic mass is 79.9. The van der Waals surface area contributed by atoms with Gasteiger partial charge in [-0.25, -0.2) is 4.39 Å². The Labute approximate surface area is 143 Å². The summed E-state index contributed by atoms with van der Waals surface area (Å²) in [6.45, 7) is 1.69. The van der Waals surface area contributed by atoms with Gasteiger partial charge in [-0.3, -0.25) is 9.78 Å². The molecule has 1 heterocycles. The largest absolute Gasteiger partial charge is 0.324 e. The fourth-order valence-electron chi connectivity index (χ4n) is 1.68. The molecule has 0 fully saturated rings. The van der Waals surface area contributed by atoms with E-state index in [9.17, 15) is 9.18 Å². The second kappa shape index (κ2) is 8.86. The van der Waals surface area contributed by atoms with Gasteiger partial charge < -0.3 is 11.1 Å². The molecule has 0 radical (unpaired) electrons. The van der Waals surface area contributed by atoms with Gasteiger partial charge in [0, 0.05) is 35.2 Å². The third kappa shape index (κ3) is 5.18. The lowest BCUT2D eigenvalue weighted by Gasteiger charge is -2.09. The van der Waals surface area contributed by atoms with E-state index in [1.165, 1.54) is 12.1 Å². The molecule has 1 amide bonds. The van der Waals surface area contributed by atoms with Crippen LogP contribution in [-0.4, -0.2) is 10.9 Å². The monoisotopic (exact) mass is 419 g/mol. The maximum absolute atomic E-state index is 13.7. The van der Waals surface area contributed by atoms with Crippen molar-refractivity contribution < 1.29 is 9.18 Å². The second-order valence-electron chi connectivity index (χ2n) is 4.21. The third-order valence-corrected chi connectivity index (χ3v) is 2.69. The van der Waals surface area contributed by atoms with Crippen molar-refractivity contribution in [3.63, 3.8) is 0 Å². The Balaban J connectivity index is 0.00000200. The zero-order valence-electron chi connectivity index (χ0n) is 11.2. The number of anilines is 1. The van der Waals surface area contributed by atoms with Crippen LogP contribution in [-0.2, 0) is 0 Å². The van der Waals surface area contributed by atoms with E-state index in [0.717, 1.165) is 0 Å². The first-order valence-corrected chi connectivity index (χ1v) is 5.84. The summed E-state index contributed by atoms with van der Waals surface area (Å²) in [5, 5.41) is 2.66. The second-order valence-corrected chi connectivity index (χ2v) is 4.21. The zero-order chi connectivity index (χ0) is 13.8. The Morgan fingerprint density at radius 1 is 1.24 bits per heavy atom. The molecule has 0 aliphatic carbocycles. The van der Waals surface area contributed by atoms with Gasteiger partial charge in [-0.1, -0.05) is 6.07 Å². The smallest absolute Gasteiger partial charge is 0.255 e. The first kappa shape index (κ1) is 19.7.